The molecule has 78 heavy (non-hydrogen) atoms. The van der Waals surface area contributed by atoms with Gasteiger partial charge in [0, 0.05) is 19.3 Å². The molecule has 0 aromatic carbocycles. The van der Waals surface area contributed by atoms with E-state index in [0.29, 0.717) is 12.8 Å². The van der Waals surface area contributed by atoms with Gasteiger partial charge in [0.1, 0.15) is 13.2 Å². The van der Waals surface area contributed by atoms with E-state index in [1.54, 1.807) is 0 Å². The molecule has 0 fully saturated rings. The van der Waals surface area contributed by atoms with Crippen LogP contribution in [0, 0.1) is 0 Å². The number of unbranched alkanes of at least 4 members (excludes halogenated alkanes) is 27. The molecule has 0 radical (unpaired) electrons. The first-order valence-electron chi connectivity index (χ1n) is 32.5. The summed E-state index contributed by atoms with van der Waals surface area (Å²) in [6, 6.07) is 0. The van der Waals surface area contributed by atoms with Gasteiger partial charge in [-0.2, -0.15) is 0 Å². The van der Waals surface area contributed by atoms with E-state index >= 15 is 0 Å². The van der Waals surface area contributed by atoms with Crippen molar-refractivity contribution in [3.63, 3.8) is 0 Å². The minimum Gasteiger partial charge on any atom is -0.462 e. The molecule has 0 aliphatic heterocycles. The number of carbonyl (C=O) groups is 3. The Hall–Kier alpha value is -4.19. The van der Waals surface area contributed by atoms with E-state index in [1.807, 2.05) is 0 Å². The predicted molar refractivity (Wildman–Crippen MR) is 339 cm³/mol. The van der Waals surface area contributed by atoms with Gasteiger partial charge >= 0.3 is 17.9 Å². The van der Waals surface area contributed by atoms with E-state index in [9.17, 15) is 14.4 Å². The highest BCUT2D eigenvalue weighted by molar-refractivity contribution is 5.71. The van der Waals surface area contributed by atoms with Crippen molar-refractivity contribution in [1.82, 2.24) is 0 Å². The van der Waals surface area contributed by atoms with Crippen LogP contribution >= 0.6 is 0 Å². The van der Waals surface area contributed by atoms with Crippen LogP contribution in [0.2, 0.25) is 0 Å². The lowest BCUT2D eigenvalue weighted by atomic mass is 10.1. The number of carbonyl (C=O) groups excluding carboxylic acids is 3. The fraction of sp³-hybridized carbons (Fsp3) is 0.681. The third kappa shape index (κ3) is 62.7. The molecule has 0 N–H and O–H groups in total. The zero-order chi connectivity index (χ0) is 56.4. The smallest absolute Gasteiger partial charge is 0.306 e. The predicted octanol–water partition coefficient (Wildman–Crippen LogP) is 22.4. The van der Waals surface area contributed by atoms with E-state index in [-0.39, 0.29) is 37.5 Å². The minimum atomic E-state index is -0.804. The van der Waals surface area contributed by atoms with Gasteiger partial charge in [0.05, 0.1) is 0 Å². The third-order valence-electron chi connectivity index (χ3n) is 13.7. The minimum absolute atomic E-state index is 0.0965. The van der Waals surface area contributed by atoms with E-state index in [4.69, 9.17) is 14.2 Å². The number of hydrogen-bond acceptors (Lipinski definition) is 6. The Kier molecular flexibility index (Phi) is 61.8. The number of hydrogen-bond donors (Lipinski definition) is 0. The Morgan fingerprint density at radius 2 is 0.500 bits per heavy atom. The lowest BCUT2D eigenvalue weighted by Gasteiger charge is -2.18. The first-order valence-corrected chi connectivity index (χ1v) is 32.5. The van der Waals surface area contributed by atoms with Crippen LogP contribution in [-0.2, 0) is 28.6 Å². The standard InChI is InChI=1S/C72H120O6/c1-4-7-10-13-16-19-22-25-28-31-34-35-36-37-39-41-44-47-50-53-56-59-62-65-71(74)77-68-69(67-76-70(73)64-61-58-55-52-49-46-43-40-33-30-27-24-21-18-15-12-9-6-3)78-72(75)66-63-60-57-54-51-48-45-42-38-32-29-26-23-20-17-14-11-8-5-2/h7-8,10-11,16-17,19-20,25-26,28-30,33-35,38,42,48,51,69H,4-6,9,12-15,18,21-24,27,31-32,36-37,39-41,43-47,49-50,52-68H2,1-3H3/b10-7-,11-8-,19-16-,20-17-,28-25-,29-26-,33-30-,35-34-,42-38-,51-48-. The Morgan fingerprint density at radius 3 is 0.808 bits per heavy atom. The normalized spacial score (nSPS) is 12.9. The summed E-state index contributed by atoms with van der Waals surface area (Å²) in [5, 5.41) is 0. The van der Waals surface area contributed by atoms with Crippen molar-refractivity contribution in [3.05, 3.63) is 122 Å². The Morgan fingerprint density at radius 1 is 0.269 bits per heavy atom. The summed E-state index contributed by atoms with van der Waals surface area (Å²) in [5.41, 5.74) is 0. The lowest BCUT2D eigenvalue weighted by Crippen LogP contribution is -2.30. The van der Waals surface area contributed by atoms with Crippen molar-refractivity contribution in [3.8, 4) is 0 Å². The Balaban J connectivity index is 4.45. The van der Waals surface area contributed by atoms with Crippen molar-refractivity contribution >= 4 is 17.9 Å². The zero-order valence-electron chi connectivity index (χ0n) is 50.9. The second kappa shape index (κ2) is 65.3. The van der Waals surface area contributed by atoms with Gasteiger partial charge in [0.2, 0.25) is 0 Å². The van der Waals surface area contributed by atoms with Gasteiger partial charge in [-0.05, 0) is 128 Å². The summed E-state index contributed by atoms with van der Waals surface area (Å²) < 4.78 is 16.9. The fourth-order valence-corrected chi connectivity index (χ4v) is 8.87. The molecule has 0 heterocycles. The van der Waals surface area contributed by atoms with Gasteiger partial charge in [-0.1, -0.05) is 271 Å². The molecule has 6 heteroatoms. The summed E-state index contributed by atoms with van der Waals surface area (Å²) in [4.78, 5) is 38.4. The molecule has 0 aliphatic carbocycles. The van der Waals surface area contributed by atoms with Crippen molar-refractivity contribution in [1.29, 1.82) is 0 Å². The van der Waals surface area contributed by atoms with Crippen LogP contribution in [0.1, 0.15) is 297 Å². The molecular formula is C72H120O6. The van der Waals surface area contributed by atoms with Gasteiger partial charge in [0.15, 0.2) is 6.10 Å². The summed E-state index contributed by atoms with van der Waals surface area (Å²) in [6.45, 7) is 6.40. The summed E-state index contributed by atoms with van der Waals surface area (Å²) in [7, 11) is 0. The molecule has 0 aromatic rings. The molecule has 0 amide bonds. The van der Waals surface area contributed by atoms with Crippen molar-refractivity contribution in [2.24, 2.45) is 0 Å². The molecule has 0 bridgehead atoms. The molecule has 0 rings (SSSR count). The Labute approximate surface area is 482 Å². The van der Waals surface area contributed by atoms with Crippen molar-refractivity contribution < 1.29 is 28.6 Å². The maximum absolute atomic E-state index is 12.9. The van der Waals surface area contributed by atoms with E-state index < -0.39 is 6.10 Å². The molecule has 0 aromatic heterocycles. The topological polar surface area (TPSA) is 78.9 Å². The van der Waals surface area contributed by atoms with E-state index in [0.717, 1.165) is 122 Å². The summed E-state index contributed by atoms with van der Waals surface area (Å²) in [5.74, 6) is -0.931. The lowest BCUT2D eigenvalue weighted by molar-refractivity contribution is -0.167. The van der Waals surface area contributed by atoms with Crippen LogP contribution in [0.25, 0.3) is 0 Å². The molecule has 0 saturated heterocycles. The molecule has 0 saturated carbocycles. The van der Waals surface area contributed by atoms with Crippen molar-refractivity contribution in [2.75, 3.05) is 13.2 Å². The SMILES string of the molecule is CC/C=C\C/C=C\C/C=C\C/C=C\C/C=C\CCCCCC(=O)OC(COC(=O)CCCCCCCCC/C=C\CCCCCCCCC)COC(=O)CCCCCCCCCCCC/C=C\C/C=C\C/C=C\C/C=C\CC. The second-order valence-corrected chi connectivity index (χ2v) is 21.3. The molecule has 1 unspecified atom stereocenters. The largest absolute Gasteiger partial charge is 0.462 e. The van der Waals surface area contributed by atoms with Crippen LogP contribution in [-0.4, -0.2) is 37.2 Å². The molecule has 0 spiro atoms. The average Bonchev–Trinajstić information content (AvgIpc) is 3.44. The first kappa shape index (κ1) is 73.8. The molecule has 444 valence electrons. The summed E-state index contributed by atoms with van der Waals surface area (Å²) >= 11 is 0. The van der Waals surface area contributed by atoms with Crippen molar-refractivity contribution in [2.45, 2.75) is 303 Å². The average molecular weight is 1080 g/mol. The molecule has 1 atom stereocenters. The van der Waals surface area contributed by atoms with Crippen LogP contribution < -0.4 is 0 Å². The van der Waals surface area contributed by atoms with Crippen LogP contribution in [0.15, 0.2) is 122 Å². The molecular weight excluding hydrogens is 961 g/mol. The number of esters is 3. The molecule has 0 aliphatic rings. The van der Waals surface area contributed by atoms with Gasteiger partial charge in [0.25, 0.3) is 0 Å². The maximum atomic E-state index is 12.9. The number of ether oxygens (including phenoxy) is 3. The van der Waals surface area contributed by atoms with Gasteiger partial charge in [-0.3, -0.25) is 14.4 Å². The highest BCUT2D eigenvalue weighted by Crippen LogP contribution is 2.15. The highest BCUT2D eigenvalue weighted by atomic mass is 16.6. The number of allylic oxidation sites excluding steroid dienone is 20. The zero-order valence-corrected chi connectivity index (χ0v) is 50.9. The Bertz CT molecular complexity index is 1620. The maximum Gasteiger partial charge on any atom is 0.306 e. The monoisotopic (exact) mass is 1080 g/mol. The summed E-state index contributed by atoms with van der Waals surface area (Å²) in [6.07, 6.45) is 90.6. The quantitative estimate of drug-likeness (QED) is 0.0261. The second-order valence-electron chi connectivity index (χ2n) is 21.3. The van der Waals surface area contributed by atoms with Gasteiger partial charge < -0.3 is 14.2 Å². The van der Waals surface area contributed by atoms with Crippen LogP contribution in [0.4, 0.5) is 0 Å². The highest BCUT2D eigenvalue weighted by Gasteiger charge is 2.19. The number of rotatable bonds is 58. The fourth-order valence-electron chi connectivity index (χ4n) is 8.87. The van der Waals surface area contributed by atoms with E-state index in [2.05, 4.69) is 142 Å². The first-order chi connectivity index (χ1) is 38.5. The van der Waals surface area contributed by atoms with E-state index in [1.165, 1.54) is 135 Å². The van der Waals surface area contributed by atoms with Crippen LogP contribution in [0.5, 0.6) is 0 Å². The van der Waals surface area contributed by atoms with Gasteiger partial charge in [-0.25, -0.2) is 0 Å². The molecule has 6 nitrogen and oxygen atoms in total. The third-order valence-corrected chi connectivity index (χ3v) is 13.7. The van der Waals surface area contributed by atoms with Gasteiger partial charge in [-0.15, -0.1) is 0 Å². The van der Waals surface area contributed by atoms with Crippen LogP contribution in [0.3, 0.4) is 0 Å².